The minimum Gasteiger partial charge on any atom is -0.449 e. The number of nitrogens with one attached hydrogen (secondary N) is 1. The van der Waals surface area contributed by atoms with E-state index in [1.807, 2.05) is 24.3 Å². The van der Waals surface area contributed by atoms with Gasteiger partial charge in [-0.05, 0) is 33.9 Å². The van der Waals surface area contributed by atoms with Crippen LogP contribution in [0.15, 0.2) is 66.9 Å². The van der Waals surface area contributed by atoms with E-state index in [-0.39, 0.29) is 24.8 Å². The zero-order valence-electron chi connectivity index (χ0n) is 15.6. The fourth-order valence-electron chi connectivity index (χ4n) is 3.56. The van der Waals surface area contributed by atoms with Gasteiger partial charge in [-0.2, -0.15) is 4.39 Å². The number of rotatable bonds is 5. The van der Waals surface area contributed by atoms with Gasteiger partial charge in [0.15, 0.2) is 0 Å². The Balaban J connectivity index is 1.33. The van der Waals surface area contributed by atoms with E-state index in [1.165, 1.54) is 34.5 Å². The minimum atomic E-state index is -0.695. The summed E-state index contributed by atoms with van der Waals surface area (Å²) in [6, 6.07) is 17.8. The van der Waals surface area contributed by atoms with E-state index < -0.39 is 12.0 Å². The highest BCUT2D eigenvalue weighted by Crippen LogP contribution is 2.44. The molecule has 1 aliphatic rings. The number of hydrogen-bond donors (Lipinski definition) is 2. The van der Waals surface area contributed by atoms with Crippen LogP contribution in [0.3, 0.4) is 0 Å². The van der Waals surface area contributed by atoms with Crippen LogP contribution in [0.4, 0.5) is 14.9 Å². The number of alkyl carbamates (subject to hydrolysis) is 1. The van der Waals surface area contributed by atoms with Crippen molar-refractivity contribution in [2.45, 2.75) is 5.92 Å². The van der Waals surface area contributed by atoms with Crippen LogP contribution in [0.2, 0.25) is 0 Å². The van der Waals surface area contributed by atoms with Gasteiger partial charge in [-0.15, -0.1) is 0 Å². The molecular formula is C23H20FN3O2. The molecule has 29 heavy (non-hydrogen) atoms. The zero-order valence-corrected chi connectivity index (χ0v) is 15.6. The summed E-state index contributed by atoms with van der Waals surface area (Å²) in [4.78, 5) is 15.6. The first-order valence-corrected chi connectivity index (χ1v) is 9.30. The number of anilines is 1. The first-order valence-electron chi connectivity index (χ1n) is 9.30. The van der Waals surface area contributed by atoms with Gasteiger partial charge in [0, 0.05) is 18.7 Å². The number of carbonyl (C=O) groups is 1. The maximum atomic E-state index is 13.1. The monoisotopic (exact) mass is 389 g/mol. The van der Waals surface area contributed by atoms with Crippen LogP contribution < -0.4 is 11.1 Å². The third kappa shape index (κ3) is 3.96. The second kappa shape index (κ2) is 8.14. The lowest BCUT2D eigenvalue weighted by atomic mass is 9.98. The van der Waals surface area contributed by atoms with Gasteiger partial charge in [0.05, 0.1) is 5.69 Å². The molecule has 1 aliphatic carbocycles. The highest BCUT2D eigenvalue weighted by atomic mass is 19.1. The SMILES string of the molecule is Nc1cc(C=CCNC(=O)OCC2c3ccccc3-c3ccccc32)cnc1F. The van der Waals surface area contributed by atoms with Crippen molar-refractivity contribution in [1.82, 2.24) is 10.3 Å². The van der Waals surface area contributed by atoms with E-state index in [0.29, 0.717) is 5.56 Å². The topological polar surface area (TPSA) is 77.2 Å². The number of hydrogen-bond acceptors (Lipinski definition) is 4. The summed E-state index contributed by atoms with van der Waals surface area (Å²) in [6.45, 7) is 0.538. The predicted octanol–water partition coefficient (Wildman–Crippen LogP) is 4.35. The normalized spacial score (nSPS) is 12.6. The Bertz CT molecular complexity index is 1040. The molecule has 1 amide bonds. The number of ether oxygens (including phenoxy) is 1. The number of nitrogens with two attached hydrogens (primary N) is 1. The number of nitrogens with zero attached hydrogens (tertiary/aromatic N) is 1. The summed E-state index contributed by atoms with van der Waals surface area (Å²) >= 11 is 0. The van der Waals surface area contributed by atoms with Crippen molar-refractivity contribution >= 4 is 17.9 Å². The molecule has 0 saturated carbocycles. The van der Waals surface area contributed by atoms with Crippen molar-refractivity contribution in [3.63, 3.8) is 0 Å². The van der Waals surface area contributed by atoms with E-state index in [2.05, 4.69) is 34.6 Å². The Morgan fingerprint density at radius 1 is 1.14 bits per heavy atom. The molecule has 146 valence electrons. The van der Waals surface area contributed by atoms with E-state index in [0.717, 1.165) is 0 Å². The highest BCUT2D eigenvalue weighted by Gasteiger charge is 2.28. The highest BCUT2D eigenvalue weighted by molar-refractivity contribution is 5.79. The standard InChI is InChI=1S/C23H20FN3O2/c24-22-21(25)12-15(13-27-22)6-5-11-26-23(28)29-14-20-18-9-3-1-7-16(18)17-8-2-4-10-19(17)20/h1-10,12-13,20H,11,14,25H2,(H,26,28). The van der Waals surface area contributed by atoms with Gasteiger partial charge < -0.3 is 15.8 Å². The van der Waals surface area contributed by atoms with Gasteiger partial charge in [0.2, 0.25) is 5.95 Å². The molecule has 0 bridgehead atoms. The van der Waals surface area contributed by atoms with E-state index >= 15 is 0 Å². The van der Waals surface area contributed by atoms with Gasteiger partial charge in [0.1, 0.15) is 6.61 Å². The maximum Gasteiger partial charge on any atom is 0.407 e. The molecule has 0 radical (unpaired) electrons. The van der Waals surface area contributed by atoms with Crippen LogP contribution in [0.25, 0.3) is 17.2 Å². The third-order valence-electron chi connectivity index (χ3n) is 4.91. The Hall–Kier alpha value is -3.67. The van der Waals surface area contributed by atoms with Gasteiger partial charge in [-0.3, -0.25) is 0 Å². The second-order valence-corrected chi connectivity index (χ2v) is 6.76. The molecule has 2 aromatic carbocycles. The third-order valence-corrected chi connectivity index (χ3v) is 4.91. The lowest BCUT2D eigenvalue weighted by molar-refractivity contribution is 0.144. The average molecular weight is 389 g/mol. The number of carbonyl (C=O) groups excluding carboxylic acids is 1. The Morgan fingerprint density at radius 3 is 2.45 bits per heavy atom. The largest absolute Gasteiger partial charge is 0.449 e. The molecular weight excluding hydrogens is 369 g/mol. The summed E-state index contributed by atoms with van der Waals surface area (Å²) in [5, 5.41) is 2.68. The van der Waals surface area contributed by atoms with Gasteiger partial charge in [-0.25, -0.2) is 9.78 Å². The molecule has 1 heterocycles. The Kier molecular flexibility index (Phi) is 5.24. The molecule has 6 heteroatoms. The summed E-state index contributed by atoms with van der Waals surface area (Å²) in [6.07, 6.45) is 4.30. The van der Waals surface area contributed by atoms with Crippen molar-refractivity contribution < 1.29 is 13.9 Å². The molecule has 0 saturated heterocycles. The summed E-state index contributed by atoms with van der Waals surface area (Å²) in [5.74, 6) is -0.670. The lowest BCUT2D eigenvalue weighted by Gasteiger charge is -2.14. The first kappa shape index (κ1) is 18.7. The molecule has 0 fully saturated rings. The van der Waals surface area contributed by atoms with Crippen LogP contribution in [-0.2, 0) is 4.74 Å². The minimum absolute atomic E-state index is 0.0170. The van der Waals surface area contributed by atoms with Crippen molar-refractivity contribution in [3.8, 4) is 11.1 Å². The Morgan fingerprint density at radius 2 is 1.79 bits per heavy atom. The number of halogens is 1. The second-order valence-electron chi connectivity index (χ2n) is 6.76. The molecule has 0 spiro atoms. The van der Waals surface area contributed by atoms with Crippen LogP contribution in [0.1, 0.15) is 22.6 Å². The van der Waals surface area contributed by atoms with Crippen molar-refractivity contribution in [2.24, 2.45) is 0 Å². The number of fused-ring (bicyclic) bond motifs is 3. The fourth-order valence-corrected chi connectivity index (χ4v) is 3.56. The molecule has 1 aromatic heterocycles. The number of benzene rings is 2. The van der Waals surface area contributed by atoms with Crippen LogP contribution in [0, 0.1) is 5.95 Å². The first-order chi connectivity index (χ1) is 14.1. The molecule has 3 N–H and O–H groups in total. The average Bonchev–Trinajstić information content (AvgIpc) is 3.06. The molecule has 3 aromatic rings. The number of aromatic nitrogens is 1. The van der Waals surface area contributed by atoms with Crippen LogP contribution in [-0.4, -0.2) is 24.2 Å². The van der Waals surface area contributed by atoms with Crippen LogP contribution >= 0.6 is 0 Å². The van der Waals surface area contributed by atoms with Gasteiger partial charge in [0.25, 0.3) is 0 Å². The number of pyridine rings is 1. The van der Waals surface area contributed by atoms with Gasteiger partial charge in [-0.1, -0.05) is 60.7 Å². The molecule has 5 nitrogen and oxygen atoms in total. The number of nitrogen functional groups attached to an aromatic ring is 1. The number of amides is 1. The molecule has 0 aliphatic heterocycles. The van der Waals surface area contributed by atoms with Crippen molar-refractivity contribution in [2.75, 3.05) is 18.9 Å². The lowest BCUT2D eigenvalue weighted by Crippen LogP contribution is -2.26. The van der Waals surface area contributed by atoms with E-state index in [9.17, 15) is 9.18 Å². The van der Waals surface area contributed by atoms with Crippen LogP contribution in [0.5, 0.6) is 0 Å². The van der Waals surface area contributed by atoms with Crippen molar-refractivity contribution in [1.29, 1.82) is 0 Å². The molecule has 0 atom stereocenters. The van der Waals surface area contributed by atoms with E-state index in [4.69, 9.17) is 10.5 Å². The maximum absolute atomic E-state index is 13.1. The smallest absolute Gasteiger partial charge is 0.407 e. The zero-order chi connectivity index (χ0) is 20.2. The quantitative estimate of drug-likeness (QED) is 0.636. The van der Waals surface area contributed by atoms with Crippen molar-refractivity contribution in [3.05, 3.63) is 89.5 Å². The fraction of sp³-hybridized carbons (Fsp3) is 0.130. The molecule has 0 unspecified atom stereocenters. The predicted molar refractivity (Wildman–Crippen MR) is 111 cm³/mol. The van der Waals surface area contributed by atoms with E-state index in [1.54, 1.807) is 12.2 Å². The Labute approximate surface area is 168 Å². The van der Waals surface area contributed by atoms with Gasteiger partial charge >= 0.3 is 6.09 Å². The summed E-state index contributed by atoms with van der Waals surface area (Å²) in [5.41, 5.74) is 10.8. The summed E-state index contributed by atoms with van der Waals surface area (Å²) < 4.78 is 18.5. The molecule has 4 rings (SSSR count). The summed E-state index contributed by atoms with van der Waals surface area (Å²) in [7, 11) is 0.